The summed E-state index contributed by atoms with van der Waals surface area (Å²) in [6.07, 6.45) is -4.50. The molecule has 20 heavy (non-hydrogen) atoms. The molecule has 0 aromatic heterocycles. The monoisotopic (exact) mass is 351 g/mol. The van der Waals surface area contributed by atoms with Crippen molar-refractivity contribution in [1.29, 1.82) is 0 Å². The van der Waals surface area contributed by atoms with E-state index in [1.807, 2.05) is 6.92 Å². The molecule has 1 fully saturated rings. The van der Waals surface area contributed by atoms with E-state index < -0.39 is 11.7 Å². The highest BCUT2D eigenvalue weighted by atomic mass is 79.9. The molecule has 0 radical (unpaired) electrons. The molecule has 0 N–H and O–H groups in total. The minimum Gasteiger partial charge on any atom is -0.375 e. The van der Waals surface area contributed by atoms with Crippen LogP contribution in [-0.2, 0) is 10.9 Å². The van der Waals surface area contributed by atoms with Gasteiger partial charge >= 0.3 is 6.18 Å². The molecule has 0 saturated carbocycles. The van der Waals surface area contributed by atoms with Crippen molar-refractivity contribution in [3.05, 3.63) is 33.8 Å². The third kappa shape index (κ3) is 3.32. The number of morpholine rings is 1. The fourth-order valence-electron chi connectivity index (χ4n) is 2.06. The Morgan fingerprint density at radius 3 is 2.70 bits per heavy atom. The second kappa shape index (κ2) is 5.73. The van der Waals surface area contributed by atoms with Gasteiger partial charge in [0.15, 0.2) is 0 Å². The molecule has 1 saturated heterocycles. The van der Waals surface area contributed by atoms with E-state index in [1.165, 1.54) is 12.1 Å². The molecule has 0 bridgehead atoms. The van der Waals surface area contributed by atoms with Gasteiger partial charge in [-0.05, 0) is 25.1 Å². The molecule has 1 heterocycles. The van der Waals surface area contributed by atoms with Gasteiger partial charge in [-0.15, -0.1) is 0 Å². The molecule has 1 aliphatic rings. The lowest BCUT2D eigenvalue weighted by molar-refractivity contribution is -0.138. The molecule has 1 unspecified atom stereocenters. The number of nitrogens with zero attached hydrogens (tertiary/aromatic N) is 1. The van der Waals surface area contributed by atoms with E-state index in [1.54, 1.807) is 4.90 Å². The summed E-state index contributed by atoms with van der Waals surface area (Å²) in [5.41, 5.74) is -0.552. The molecule has 1 amide bonds. The summed E-state index contributed by atoms with van der Waals surface area (Å²) in [7, 11) is 0. The first-order chi connectivity index (χ1) is 9.29. The van der Waals surface area contributed by atoms with Crippen LogP contribution >= 0.6 is 15.9 Å². The normalized spacial score (nSPS) is 20.1. The maximum Gasteiger partial charge on any atom is 0.417 e. The van der Waals surface area contributed by atoms with Gasteiger partial charge in [-0.1, -0.05) is 15.9 Å². The Kier molecular flexibility index (Phi) is 4.39. The van der Waals surface area contributed by atoms with Gasteiger partial charge < -0.3 is 9.64 Å². The highest BCUT2D eigenvalue weighted by Crippen LogP contribution is 2.35. The molecule has 1 aromatic carbocycles. The zero-order valence-corrected chi connectivity index (χ0v) is 12.3. The Morgan fingerprint density at radius 1 is 1.45 bits per heavy atom. The van der Waals surface area contributed by atoms with Gasteiger partial charge in [0.25, 0.3) is 5.91 Å². The van der Waals surface area contributed by atoms with Crippen LogP contribution in [0.15, 0.2) is 22.7 Å². The molecule has 3 nitrogen and oxygen atoms in total. The van der Waals surface area contributed by atoms with Gasteiger partial charge in [-0.2, -0.15) is 13.2 Å². The molecule has 1 aromatic rings. The van der Waals surface area contributed by atoms with Crippen LogP contribution in [0, 0.1) is 0 Å². The molecule has 1 aliphatic heterocycles. The molecule has 7 heteroatoms. The number of carbonyl (C=O) groups is 1. The predicted octanol–water partition coefficient (Wildman–Crippen LogP) is 3.33. The molecular formula is C13H13BrF3NO2. The summed E-state index contributed by atoms with van der Waals surface area (Å²) in [5.74, 6) is -0.283. The minimum atomic E-state index is -4.44. The Balaban J connectivity index is 2.21. The van der Waals surface area contributed by atoms with Gasteiger partial charge in [0, 0.05) is 23.1 Å². The summed E-state index contributed by atoms with van der Waals surface area (Å²) in [6.45, 7) is 3.18. The zero-order valence-electron chi connectivity index (χ0n) is 10.7. The van der Waals surface area contributed by atoms with Gasteiger partial charge in [-0.25, -0.2) is 0 Å². The van der Waals surface area contributed by atoms with Crippen molar-refractivity contribution in [2.45, 2.75) is 19.2 Å². The van der Waals surface area contributed by atoms with Crippen molar-refractivity contribution < 1.29 is 22.7 Å². The van der Waals surface area contributed by atoms with Crippen LogP contribution in [0.5, 0.6) is 0 Å². The summed E-state index contributed by atoms with van der Waals surface area (Å²) in [6, 6.07) is 3.34. The SMILES string of the molecule is CC1CN(C(=O)c2ccc(C(F)(F)F)c(Br)c2)CCO1. The van der Waals surface area contributed by atoms with Crippen molar-refractivity contribution in [1.82, 2.24) is 4.90 Å². The van der Waals surface area contributed by atoms with Crippen molar-refractivity contribution >= 4 is 21.8 Å². The highest BCUT2D eigenvalue weighted by Gasteiger charge is 2.33. The first-order valence-electron chi connectivity index (χ1n) is 6.06. The maximum atomic E-state index is 12.6. The van der Waals surface area contributed by atoms with E-state index in [4.69, 9.17) is 4.74 Å². The topological polar surface area (TPSA) is 29.5 Å². The summed E-state index contributed by atoms with van der Waals surface area (Å²) >= 11 is 2.87. The van der Waals surface area contributed by atoms with Crippen LogP contribution in [0.1, 0.15) is 22.8 Å². The third-order valence-electron chi connectivity index (χ3n) is 3.05. The van der Waals surface area contributed by atoms with E-state index in [2.05, 4.69) is 15.9 Å². The minimum absolute atomic E-state index is 0.0643. The lowest BCUT2D eigenvalue weighted by Crippen LogP contribution is -2.44. The fourth-order valence-corrected chi connectivity index (χ4v) is 2.67. The Morgan fingerprint density at radius 2 is 2.15 bits per heavy atom. The van der Waals surface area contributed by atoms with Crippen LogP contribution in [0.25, 0.3) is 0 Å². The van der Waals surface area contributed by atoms with E-state index in [9.17, 15) is 18.0 Å². The Labute approximate surface area is 122 Å². The fraction of sp³-hybridized carbons (Fsp3) is 0.462. The van der Waals surface area contributed by atoms with E-state index in [-0.39, 0.29) is 22.0 Å². The summed E-state index contributed by atoms with van der Waals surface area (Å²) in [4.78, 5) is 13.8. The first-order valence-corrected chi connectivity index (χ1v) is 6.86. The van der Waals surface area contributed by atoms with Crippen LogP contribution in [0.2, 0.25) is 0 Å². The molecule has 2 rings (SSSR count). The molecule has 110 valence electrons. The second-order valence-corrected chi connectivity index (χ2v) is 5.48. The van der Waals surface area contributed by atoms with Crippen LogP contribution < -0.4 is 0 Å². The average Bonchev–Trinajstić information content (AvgIpc) is 2.36. The van der Waals surface area contributed by atoms with Gasteiger partial charge in [0.2, 0.25) is 0 Å². The predicted molar refractivity (Wildman–Crippen MR) is 70.5 cm³/mol. The van der Waals surface area contributed by atoms with Crippen molar-refractivity contribution in [2.75, 3.05) is 19.7 Å². The number of rotatable bonds is 1. The van der Waals surface area contributed by atoms with Gasteiger partial charge in [-0.3, -0.25) is 4.79 Å². The van der Waals surface area contributed by atoms with Crippen LogP contribution in [0.3, 0.4) is 0 Å². The standard InChI is InChI=1S/C13H13BrF3NO2/c1-8-7-18(4-5-20-8)12(19)9-2-3-10(11(14)6-9)13(15,16)17/h2-3,6,8H,4-5,7H2,1H3. The zero-order chi connectivity index (χ0) is 14.9. The number of alkyl halides is 3. The number of halogens is 4. The van der Waals surface area contributed by atoms with E-state index in [0.717, 1.165) is 6.07 Å². The Bertz CT molecular complexity index is 519. The number of hydrogen-bond acceptors (Lipinski definition) is 2. The molecule has 0 spiro atoms. The number of ether oxygens (including phenoxy) is 1. The summed E-state index contributed by atoms with van der Waals surface area (Å²) in [5, 5.41) is 0. The largest absolute Gasteiger partial charge is 0.417 e. The number of benzene rings is 1. The lowest BCUT2D eigenvalue weighted by Gasteiger charge is -2.31. The number of amides is 1. The second-order valence-electron chi connectivity index (χ2n) is 4.62. The first kappa shape index (κ1) is 15.3. The average molecular weight is 352 g/mol. The van der Waals surface area contributed by atoms with Crippen molar-refractivity contribution in [2.24, 2.45) is 0 Å². The van der Waals surface area contributed by atoms with E-state index >= 15 is 0 Å². The van der Waals surface area contributed by atoms with Gasteiger partial charge in [0.1, 0.15) is 0 Å². The van der Waals surface area contributed by atoms with Gasteiger partial charge in [0.05, 0.1) is 18.3 Å². The number of carbonyl (C=O) groups excluding carboxylic acids is 1. The third-order valence-corrected chi connectivity index (χ3v) is 3.71. The Hall–Kier alpha value is -1.08. The van der Waals surface area contributed by atoms with Crippen LogP contribution in [0.4, 0.5) is 13.2 Å². The highest BCUT2D eigenvalue weighted by molar-refractivity contribution is 9.10. The molecule has 0 aliphatic carbocycles. The van der Waals surface area contributed by atoms with Crippen LogP contribution in [-0.4, -0.2) is 36.6 Å². The lowest BCUT2D eigenvalue weighted by atomic mass is 10.1. The molecule has 1 atom stereocenters. The quantitative estimate of drug-likeness (QED) is 0.776. The number of hydrogen-bond donors (Lipinski definition) is 0. The van der Waals surface area contributed by atoms with Crippen molar-refractivity contribution in [3.63, 3.8) is 0 Å². The molecular weight excluding hydrogens is 339 g/mol. The van der Waals surface area contributed by atoms with E-state index in [0.29, 0.717) is 19.7 Å². The summed E-state index contributed by atoms with van der Waals surface area (Å²) < 4.78 is 43.1. The smallest absolute Gasteiger partial charge is 0.375 e. The van der Waals surface area contributed by atoms with Crippen molar-refractivity contribution in [3.8, 4) is 0 Å². The maximum absolute atomic E-state index is 12.6.